The Balaban J connectivity index is 2.35. The largest absolute Gasteiger partial charge is 0.480 e. The molecule has 0 aromatic rings. The first kappa shape index (κ1) is 16.9. The standard InChI is InChI=1S/C14H26N2O4/c1-3-11-4-6-14(20,7-5-11)9-15-8-12(13(18)19)16-10(2)17/h11-12,15,20H,3-9H2,1-2H3,(H,16,17)(H,18,19). The lowest BCUT2D eigenvalue weighted by Gasteiger charge is -2.36. The minimum absolute atomic E-state index is 0.119. The molecule has 6 heteroatoms. The molecular weight excluding hydrogens is 260 g/mol. The second-order valence-corrected chi connectivity index (χ2v) is 5.80. The van der Waals surface area contributed by atoms with E-state index < -0.39 is 17.6 Å². The van der Waals surface area contributed by atoms with Gasteiger partial charge in [0.15, 0.2) is 0 Å². The lowest BCUT2D eigenvalue weighted by molar-refractivity contribution is -0.141. The summed E-state index contributed by atoms with van der Waals surface area (Å²) in [5, 5.41) is 24.7. The number of hydrogen-bond donors (Lipinski definition) is 4. The van der Waals surface area contributed by atoms with Crippen LogP contribution in [0.3, 0.4) is 0 Å². The van der Waals surface area contributed by atoms with Crippen LogP contribution in [-0.2, 0) is 9.59 Å². The number of amides is 1. The Kier molecular flexibility index (Phi) is 6.42. The van der Waals surface area contributed by atoms with Gasteiger partial charge in [-0.15, -0.1) is 0 Å². The molecular formula is C14H26N2O4. The van der Waals surface area contributed by atoms with Crippen LogP contribution < -0.4 is 10.6 Å². The van der Waals surface area contributed by atoms with Gasteiger partial charge in [-0.05, 0) is 31.6 Å². The van der Waals surface area contributed by atoms with Gasteiger partial charge >= 0.3 is 5.97 Å². The van der Waals surface area contributed by atoms with Crippen LogP contribution in [0, 0.1) is 5.92 Å². The molecule has 20 heavy (non-hydrogen) atoms. The van der Waals surface area contributed by atoms with Gasteiger partial charge in [0.1, 0.15) is 6.04 Å². The molecule has 0 radical (unpaired) electrons. The molecule has 0 aliphatic heterocycles. The molecule has 0 saturated heterocycles. The highest BCUT2D eigenvalue weighted by Crippen LogP contribution is 2.33. The van der Waals surface area contributed by atoms with Crippen LogP contribution in [-0.4, -0.2) is 46.8 Å². The molecule has 1 fully saturated rings. The van der Waals surface area contributed by atoms with Crippen molar-refractivity contribution in [2.45, 2.75) is 57.6 Å². The summed E-state index contributed by atoms with van der Waals surface area (Å²) in [6.07, 6.45) is 4.67. The van der Waals surface area contributed by atoms with Gasteiger partial charge in [0.2, 0.25) is 5.91 Å². The van der Waals surface area contributed by atoms with Crippen LogP contribution in [0.15, 0.2) is 0 Å². The number of aliphatic hydroxyl groups is 1. The van der Waals surface area contributed by atoms with Crippen LogP contribution in [0.25, 0.3) is 0 Å². The minimum atomic E-state index is -1.07. The number of nitrogens with one attached hydrogen (secondary N) is 2. The average Bonchev–Trinajstić information content (AvgIpc) is 2.38. The van der Waals surface area contributed by atoms with Crippen LogP contribution in [0.1, 0.15) is 46.0 Å². The highest BCUT2D eigenvalue weighted by molar-refractivity contribution is 5.82. The summed E-state index contributed by atoms with van der Waals surface area (Å²) in [6, 6.07) is -0.955. The van der Waals surface area contributed by atoms with Crippen molar-refractivity contribution in [1.29, 1.82) is 0 Å². The van der Waals surface area contributed by atoms with E-state index in [1.54, 1.807) is 0 Å². The van der Waals surface area contributed by atoms with E-state index >= 15 is 0 Å². The van der Waals surface area contributed by atoms with Gasteiger partial charge in [-0.3, -0.25) is 4.79 Å². The van der Waals surface area contributed by atoms with E-state index in [-0.39, 0.29) is 12.5 Å². The molecule has 0 aromatic carbocycles. The van der Waals surface area contributed by atoms with E-state index in [1.165, 1.54) is 6.92 Å². The molecule has 116 valence electrons. The minimum Gasteiger partial charge on any atom is -0.480 e. The number of carboxylic acids is 1. The maximum Gasteiger partial charge on any atom is 0.327 e. The Morgan fingerprint density at radius 2 is 1.95 bits per heavy atom. The molecule has 1 aliphatic rings. The van der Waals surface area contributed by atoms with Gasteiger partial charge in [0.05, 0.1) is 5.60 Å². The van der Waals surface area contributed by atoms with Crippen molar-refractivity contribution in [3.05, 3.63) is 0 Å². The Morgan fingerprint density at radius 3 is 2.40 bits per heavy atom. The Hall–Kier alpha value is -1.14. The normalized spacial score (nSPS) is 27.9. The molecule has 0 aromatic heterocycles. The lowest BCUT2D eigenvalue weighted by atomic mass is 9.78. The first-order valence-electron chi connectivity index (χ1n) is 7.29. The Bertz CT molecular complexity index is 338. The maximum absolute atomic E-state index is 11.0. The highest BCUT2D eigenvalue weighted by atomic mass is 16.4. The van der Waals surface area contributed by atoms with Crippen molar-refractivity contribution in [3.8, 4) is 0 Å². The summed E-state index contributed by atoms with van der Waals surface area (Å²) in [5.74, 6) is -0.753. The molecule has 0 heterocycles. The third-order valence-corrected chi connectivity index (χ3v) is 4.09. The summed E-state index contributed by atoms with van der Waals surface area (Å²) in [4.78, 5) is 21.9. The Labute approximate surface area is 119 Å². The summed E-state index contributed by atoms with van der Waals surface area (Å²) < 4.78 is 0. The number of carboxylic acid groups (broad SMARTS) is 1. The second kappa shape index (κ2) is 7.59. The van der Waals surface area contributed by atoms with Gasteiger partial charge in [-0.1, -0.05) is 13.3 Å². The van der Waals surface area contributed by atoms with Gasteiger partial charge < -0.3 is 20.8 Å². The lowest BCUT2D eigenvalue weighted by Crippen LogP contribution is -2.50. The smallest absolute Gasteiger partial charge is 0.327 e. The van der Waals surface area contributed by atoms with Gasteiger partial charge in [-0.2, -0.15) is 0 Å². The third kappa shape index (κ3) is 5.46. The van der Waals surface area contributed by atoms with Crippen molar-refractivity contribution in [2.75, 3.05) is 13.1 Å². The maximum atomic E-state index is 11.0. The summed E-state index contributed by atoms with van der Waals surface area (Å²) in [5.41, 5.74) is -0.745. The quantitative estimate of drug-likeness (QED) is 0.546. The van der Waals surface area contributed by atoms with Crippen molar-refractivity contribution in [1.82, 2.24) is 10.6 Å². The van der Waals surface area contributed by atoms with Gasteiger partial charge in [-0.25, -0.2) is 4.79 Å². The third-order valence-electron chi connectivity index (χ3n) is 4.09. The zero-order valence-corrected chi connectivity index (χ0v) is 12.3. The molecule has 1 saturated carbocycles. The van der Waals surface area contributed by atoms with Gasteiger partial charge in [0.25, 0.3) is 0 Å². The van der Waals surface area contributed by atoms with Gasteiger partial charge in [0, 0.05) is 20.0 Å². The summed E-state index contributed by atoms with van der Waals surface area (Å²) in [6.45, 7) is 3.94. The molecule has 0 spiro atoms. The predicted molar refractivity (Wildman–Crippen MR) is 75.3 cm³/mol. The monoisotopic (exact) mass is 286 g/mol. The average molecular weight is 286 g/mol. The van der Waals surface area contributed by atoms with Crippen LogP contribution in [0.2, 0.25) is 0 Å². The summed E-state index contributed by atoms with van der Waals surface area (Å²) >= 11 is 0. The SMILES string of the molecule is CCC1CCC(O)(CNCC(NC(C)=O)C(=O)O)CC1. The first-order chi connectivity index (χ1) is 9.36. The fourth-order valence-corrected chi connectivity index (χ4v) is 2.69. The number of rotatable bonds is 7. The van der Waals surface area contributed by atoms with Crippen molar-refractivity contribution < 1.29 is 19.8 Å². The molecule has 1 unspecified atom stereocenters. The first-order valence-corrected chi connectivity index (χ1v) is 7.29. The number of carbonyl (C=O) groups excluding carboxylic acids is 1. The van der Waals surface area contributed by atoms with E-state index in [9.17, 15) is 14.7 Å². The molecule has 4 N–H and O–H groups in total. The van der Waals surface area contributed by atoms with Crippen molar-refractivity contribution in [2.24, 2.45) is 5.92 Å². The van der Waals surface area contributed by atoms with E-state index in [4.69, 9.17) is 5.11 Å². The number of hydrogen-bond acceptors (Lipinski definition) is 4. The second-order valence-electron chi connectivity index (χ2n) is 5.80. The Morgan fingerprint density at radius 1 is 1.35 bits per heavy atom. The zero-order chi connectivity index (χ0) is 15.2. The van der Waals surface area contributed by atoms with E-state index in [0.29, 0.717) is 12.5 Å². The molecule has 1 atom stereocenters. The topological polar surface area (TPSA) is 98.7 Å². The van der Waals surface area contributed by atoms with E-state index in [2.05, 4.69) is 17.6 Å². The predicted octanol–water partition coefficient (Wildman–Crippen LogP) is 0.497. The molecule has 6 nitrogen and oxygen atoms in total. The van der Waals surface area contributed by atoms with Crippen LogP contribution in [0.5, 0.6) is 0 Å². The summed E-state index contributed by atoms with van der Waals surface area (Å²) in [7, 11) is 0. The van der Waals surface area contributed by atoms with Crippen molar-refractivity contribution >= 4 is 11.9 Å². The zero-order valence-electron chi connectivity index (χ0n) is 12.3. The number of carbonyl (C=O) groups is 2. The fraction of sp³-hybridized carbons (Fsp3) is 0.857. The molecule has 1 amide bonds. The number of aliphatic carboxylic acids is 1. The van der Waals surface area contributed by atoms with Crippen molar-refractivity contribution in [3.63, 3.8) is 0 Å². The molecule has 1 rings (SSSR count). The van der Waals surface area contributed by atoms with E-state index in [0.717, 1.165) is 32.1 Å². The molecule has 0 bridgehead atoms. The fourth-order valence-electron chi connectivity index (χ4n) is 2.69. The van der Waals surface area contributed by atoms with Crippen LogP contribution in [0.4, 0.5) is 0 Å². The highest BCUT2D eigenvalue weighted by Gasteiger charge is 2.32. The van der Waals surface area contributed by atoms with Crippen LogP contribution >= 0.6 is 0 Å². The molecule has 1 aliphatic carbocycles. The van der Waals surface area contributed by atoms with E-state index in [1.807, 2.05) is 0 Å².